The van der Waals surface area contributed by atoms with Crippen molar-refractivity contribution < 1.29 is 4.79 Å². The van der Waals surface area contributed by atoms with E-state index >= 15 is 0 Å². The number of anilines is 2. The summed E-state index contributed by atoms with van der Waals surface area (Å²) in [5.41, 5.74) is 2.44. The third-order valence-electron chi connectivity index (χ3n) is 3.84. The van der Waals surface area contributed by atoms with Crippen LogP contribution in [0, 0.1) is 0 Å². The van der Waals surface area contributed by atoms with Crippen molar-refractivity contribution in [2.45, 2.75) is 0 Å². The first-order valence-electron chi connectivity index (χ1n) is 7.47. The Morgan fingerprint density at radius 3 is 2.50 bits per heavy atom. The van der Waals surface area contributed by atoms with Gasteiger partial charge in [0.25, 0.3) is 5.91 Å². The Bertz CT molecular complexity index is 636. The first kappa shape index (κ1) is 14.5. The van der Waals surface area contributed by atoms with Gasteiger partial charge in [-0.2, -0.15) is 0 Å². The third-order valence-corrected chi connectivity index (χ3v) is 3.84. The zero-order valence-corrected chi connectivity index (χ0v) is 12.7. The second-order valence-electron chi connectivity index (χ2n) is 5.55. The lowest BCUT2D eigenvalue weighted by atomic mass is 10.2. The Balaban J connectivity index is 1.72. The van der Waals surface area contributed by atoms with Crippen LogP contribution in [-0.4, -0.2) is 53.9 Å². The van der Waals surface area contributed by atoms with E-state index in [0.717, 1.165) is 37.6 Å². The van der Waals surface area contributed by atoms with Crippen molar-refractivity contribution in [3.8, 4) is 0 Å². The predicted molar refractivity (Wildman–Crippen MR) is 87.4 cm³/mol. The molecule has 1 aromatic heterocycles. The lowest BCUT2D eigenvalue weighted by Crippen LogP contribution is -2.47. The molecule has 0 aliphatic carbocycles. The monoisotopic (exact) mass is 296 g/mol. The molecule has 1 aliphatic rings. The van der Waals surface area contributed by atoms with Gasteiger partial charge >= 0.3 is 0 Å². The van der Waals surface area contributed by atoms with E-state index in [4.69, 9.17) is 0 Å². The molecule has 2 heterocycles. The highest BCUT2D eigenvalue weighted by Gasteiger charge is 2.20. The summed E-state index contributed by atoms with van der Waals surface area (Å²) in [5, 5.41) is 3.27. The normalized spacial score (nSPS) is 15.6. The van der Waals surface area contributed by atoms with Gasteiger partial charge in [-0.05, 0) is 25.2 Å². The number of piperazine rings is 1. The van der Waals surface area contributed by atoms with Crippen molar-refractivity contribution in [1.29, 1.82) is 0 Å². The summed E-state index contributed by atoms with van der Waals surface area (Å²) in [6.45, 7) is 3.37. The maximum Gasteiger partial charge on any atom is 0.255 e. The van der Waals surface area contributed by atoms with Crippen LogP contribution in [0.5, 0.6) is 0 Å². The van der Waals surface area contributed by atoms with Gasteiger partial charge in [-0.3, -0.25) is 9.78 Å². The quantitative estimate of drug-likeness (QED) is 0.943. The molecule has 1 fully saturated rings. The van der Waals surface area contributed by atoms with Gasteiger partial charge in [-0.1, -0.05) is 18.2 Å². The van der Waals surface area contributed by atoms with E-state index in [1.54, 1.807) is 12.4 Å². The van der Waals surface area contributed by atoms with Crippen LogP contribution in [0.1, 0.15) is 10.4 Å². The maximum atomic E-state index is 12.6. The Labute approximate surface area is 130 Å². The molecule has 1 aromatic carbocycles. The van der Waals surface area contributed by atoms with E-state index in [1.807, 2.05) is 41.3 Å². The fourth-order valence-electron chi connectivity index (χ4n) is 2.51. The minimum atomic E-state index is 0.0531. The average Bonchev–Trinajstić information content (AvgIpc) is 2.56. The molecule has 0 saturated carbocycles. The second-order valence-corrected chi connectivity index (χ2v) is 5.55. The first-order chi connectivity index (χ1) is 10.7. The van der Waals surface area contributed by atoms with Gasteiger partial charge in [-0.15, -0.1) is 0 Å². The van der Waals surface area contributed by atoms with Gasteiger partial charge < -0.3 is 15.1 Å². The maximum absolute atomic E-state index is 12.6. The molecular formula is C17H20N4O. The summed E-state index contributed by atoms with van der Waals surface area (Å²) in [6, 6.07) is 11.7. The van der Waals surface area contributed by atoms with Crippen molar-refractivity contribution in [1.82, 2.24) is 14.8 Å². The zero-order valence-electron chi connectivity index (χ0n) is 12.7. The number of nitrogens with zero attached hydrogens (tertiary/aromatic N) is 3. The number of rotatable bonds is 3. The molecule has 3 rings (SSSR count). The molecule has 5 heteroatoms. The number of carbonyl (C=O) groups is 1. The molecule has 0 bridgehead atoms. The van der Waals surface area contributed by atoms with E-state index in [-0.39, 0.29) is 5.91 Å². The number of hydrogen-bond acceptors (Lipinski definition) is 4. The molecule has 0 radical (unpaired) electrons. The largest absolute Gasteiger partial charge is 0.354 e. The number of likely N-dealkylation sites (N-methyl/N-ethyl adjacent to an activating group) is 1. The highest BCUT2D eigenvalue weighted by Crippen LogP contribution is 2.17. The van der Waals surface area contributed by atoms with Crippen molar-refractivity contribution in [2.24, 2.45) is 0 Å². The van der Waals surface area contributed by atoms with Gasteiger partial charge in [0.15, 0.2) is 0 Å². The Morgan fingerprint density at radius 2 is 1.77 bits per heavy atom. The Hall–Kier alpha value is -2.40. The number of carbonyl (C=O) groups excluding carboxylic acids is 1. The molecule has 1 amide bonds. The van der Waals surface area contributed by atoms with Crippen LogP contribution >= 0.6 is 0 Å². The standard InChI is InChI=1S/C17H20N4O/c1-20-7-9-21(10-8-20)17(22)14-11-16(13-18-12-14)19-15-5-3-2-4-6-15/h2-6,11-13,19H,7-10H2,1H3. The van der Waals surface area contributed by atoms with E-state index in [1.165, 1.54) is 0 Å². The third kappa shape index (κ3) is 3.43. The van der Waals surface area contributed by atoms with Gasteiger partial charge in [0.1, 0.15) is 0 Å². The van der Waals surface area contributed by atoms with Crippen LogP contribution in [0.3, 0.4) is 0 Å². The number of aromatic nitrogens is 1. The molecule has 5 nitrogen and oxygen atoms in total. The summed E-state index contributed by atoms with van der Waals surface area (Å²) in [4.78, 5) is 20.9. The lowest BCUT2D eigenvalue weighted by molar-refractivity contribution is 0.0663. The van der Waals surface area contributed by atoms with Crippen LogP contribution in [0.4, 0.5) is 11.4 Å². The summed E-state index contributed by atoms with van der Waals surface area (Å²) < 4.78 is 0. The molecule has 2 aromatic rings. The second kappa shape index (κ2) is 6.58. The minimum Gasteiger partial charge on any atom is -0.354 e. The molecular weight excluding hydrogens is 276 g/mol. The van der Waals surface area contributed by atoms with E-state index in [2.05, 4.69) is 22.2 Å². The SMILES string of the molecule is CN1CCN(C(=O)c2cncc(Nc3ccccc3)c2)CC1. The van der Waals surface area contributed by atoms with Crippen LogP contribution in [0.2, 0.25) is 0 Å². The van der Waals surface area contributed by atoms with E-state index < -0.39 is 0 Å². The molecule has 0 spiro atoms. The Kier molecular flexibility index (Phi) is 4.34. The molecule has 22 heavy (non-hydrogen) atoms. The molecule has 1 saturated heterocycles. The number of para-hydroxylation sites is 1. The summed E-state index contributed by atoms with van der Waals surface area (Å²) in [7, 11) is 2.08. The highest BCUT2D eigenvalue weighted by molar-refractivity contribution is 5.95. The van der Waals surface area contributed by atoms with Crippen LogP contribution in [0.15, 0.2) is 48.8 Å². The highest BCUT2D eigenvalue weighted by atomic mass is 16.2. The summed E-state index contributed by atoms with van der Waals surface area (Å²) >= 11 is 0. The minimum absolute atomic E-state index is 0.0531. The van der Waals surface area contributed by atoms with Gasteiger partial charge in [0.05, 0.1) is 17.4 Å². The summed E-state index contributed by atoms with van der Waals surface area (Å²) in [5.74, 6) is 0.0531. The van der Waals surface area contributed by atoms with Crippen molar-refractivity contribution in [3.63, 3.8) is 0 Å². The van der Waals surface area contributed by atoms with Gasteiger partial charge in [-0.25, -0.2) is 0 Å². The number of benzene rings is 1. The van der Waals surface area contributed by atoms with Gasteiger partial charge in [0, 0.05) is 38.1 Å². The fraction of sp³-hybridized carbons (Fsp3) is 0.294. The Morgan fingerprint density at radius 1 is 1.05 bits per heavy atom. The van der Waals surface area contributed by atoms with Crippen molar-refractivity contribution in [3.05, 3.63) is 54.4 Å². The average molecular weight is 296 g/mol. The van der Waals surface area contributed by atoms with Crippen molar-refractivity contribution in [2.75, 3.05) is 38.5 Å². The van der Waals surface area contributed by atoms with E-state index in [0.29, 0.717) is 5.56 Å². The van der Waals surface area contributed by atoms with Crippen molar-refractivity contribution >= 4 is 17.3 Å². The van der Waals surface area contributed by atoms with Crippen LogP contribution in [-0.2, 0) is 0 Å². The molecule has 114 valence electrons. The topological polar surface area (TPSA) is 48.5 Å². The van der Waals surface area contributed by atoms with Gasteiger partial charge in [0.2, 0.25) is 0 Å². The van der Waals surface area contributed by atoms with Crippen LogP contribution in [0.25, 0.3) is 0 Å². The molecule has 1 aliphatic heterocycles. The van der Waals surface area contributed by atoms with E-state index in [9.17, 15) is 4.79 Å². The number of nitrogens with one attached hydrogen (secondary N) is 1. The fourth-order valence-corrected chi connectivity index (χ4v) is 2.51. The predicted octanol–water partition coefficient (Wildman–Crippen LogP) is 2.21. The smallest absolute Gasteiger partial charge is 0.255 e. The van der Waals surface area contributed by atoms with Crippen LogP contribution < -0.4 is 5.32 Å². The molecule has 0 unspecified atom stereocenters. The molecule has 0 atom stereocenters. The number of amides is 1. The molecule has 1 N–H and O–H groups in total. The zero-order chi connectivity index (χ0) is 15.4. The lowest BCUT2D eigenvalue weighted by Gasteiger charge is -2.32. The summed E-state index contributed by atoms with van der Waals surface area (Å²) in [6.07, 6.45) is 3.37. The number of pyridine rings is 1. The first-order valence-corrected chi connectivity index (χ1v) is 7.47. The number of hydrogen-bond donors (Lipinski definition) is 1.